The number of fused-ring (bicyclic) bond motifs is 1. The number of hydrogen-bond donors (Lipinski definition) is 0. The van der Waals surface area contributed by atoms with Gasteiger partial charge in [-0.3, -0.25) is 0 Å². The van der Waals surface area contributed by atoms with Crippen LogP contribution < -0.4 is 14.5 Å². The van der Waals surface area contributed by atoms with Crippen molar-refractivity contribution < 1.29 is 4.74 Å². The first-order valence-corrected chi connectivity index (χ1v) is 9.23. The average Bonchev–Trinajstić information content (AvgIpc) is 2.68. The van der Waals surface area contributed by atoms with Crippen molar-refractivity contribution in [3.05, 3.63) is 59.1 Å². The Balaban J connectivity index is 1.51. The van der Waals surface area contributed by atoms with Gasteiger partial charge in [-0.15, -0.1) is 0 Å². The molecule has 4 rings (SSSR count). The van der Waals surface area contributed by atoms with Gasteiger partial charge in [-0.25, -0.2) is 4.98 Å². The monoisotopic (exact) mass is 367 g/mol. The summed E-state index contributed by atoms with van der Waals surface area (Å²) < 4.78 is 5.24. The Morgan fingerprint density at radius 2 is 1.62 bits per heavy atom. The fourth-order valence-corrected chi connectivity index (χ4v) is 3.67. The van der Waals surface area contributed by atoms with E-state index in [0.717, 1.165) is 53.7 Å². The molecule has 0 unspecified atom stereocenters. The molecule has 0 N–H and O–H groups in total. The van der Waals surface area contributed by atoms with Crippen LogP contribution in [0.2, 0.25) is 5.02 Å². The molecular weight excluding hydrogens is 346 g/mol. The lowest BCUT2D eigenvalue weighted by molar-refractivity contribution is 0.415. The summed E-state index contributed by atoms with van der Waals surface area (Å²) in [4.78, 5) is 9.61. The van der Waals surface area contributed by atoms with Gasteiger partial charge in [0.2, 0.25) is 0 Å². The van der Waals surface area contributed by atoms with Crippen LogP contribution in [-0.2, 0) is 0 Å². The van der Waals surface area contributed by atoms with Crippen LogP contribution in [0.4, 0.5) is 11.5 Å². The zero-order valence-corrected chi connectivity index (χ0v) is 15.8. The average molecular weight is 368 g/mol. The molecule has 0 saturated carbocycles. The Morgan fingerprint density at radius 1 is 0.923 bits per heavy atom. The zero-order valence-electron chi connectivity index (χ0n) is 15.1. The lowest BCUT2D eigenvalue weighted by atomic mass is 10.1. The summed E-state index contributed by atoms with van der Waals surface area (Å²) in [6.07, 6.45) is 0. The minimum absolute atomic E-state index is 0.728. The molecule has 0 spiro atoms. The van der Waals surface area contributed by atoms with Crippen LogP contribution in [-0.4, -0.2) is 38.3 Å². The van der Waals surface area contributed by atoms with Gasteiger partial charge in [0.25, 0.3) is 0 Å². The van der Waals surface area contributed by atoms with Gasteiger partial charge in [0, 0.05) is 42.3 Å². The molecule has 0 radical (unpaired) electrons. The number of benzene rings is 2. The van der Waals surface area contributed by atoms with E-state index in [4.69, 9.17) is 21.3 Å². The largest absolute Gasteiger partial charge is 0.497 e. The van der Waals surface area contributed by atoms with E-state index in [0.29, 0.717) is 0 Å². The second-order valence-corrected chi connectivity index (χ2v) is 7.07. The van der Waals surface area contributed by atoms with Crippen molar-refractivity contribution in [3.8, 4) is 5.75 Å². The lowest BCUT2D eigenvalue weighted by Crippen LogP contribution is -2.46. The van der Waals surface area contributed by atoms with Gasteiger partial charge in [-0.2, -0.15) is 0 Å². The summed E-state index contributed by atoms with van der Waals surface area (Å²) in [5.41, 5.74) is 3.43. The number of halogens is 1. The molecule has 2 aromatic carbocycles. The van der Waals surface area contributed by atoms with Gasteiger partial charge < -0.3 is 14.5 Å². The second-order valence-electron chi connectivity index (χ2n) is 6.63. The summed E-state index contributed by atoms with van der Waals surface area (Å²) in [7, 11) is 1.69. The van der Waals surface area contributed by atoms with Crippen LogP contribution in [0.1, 0.15) is 5.56 Å². The number of aromatic nitrogens is 1. The first-order valence-electron chi connectivity index (χ1n) is 8.85. The highest BCUT2D eigenvalue weighted by molar-refractivity contribution is 6.31. The van der Waals surface area contributed by atoms with Crippen molar-refractivity contribution in [2.24, 2.45) is 0 Å². The number of methoxy groups -OCH3 is 1. The van der Waals surface area contributed by atoms with Crippen molar-refractivity contribution in [1.29, 1.82) is 0 Å². The van der Waals surface area contributed by atoms with Gasteiger partial charge in [0.1, 0.15) is 11.6 Å². The standard InChI is InChI=1S/C21H22ClN3O/c1-15-13-21(23-20-14-16(22)3-8-19(15)20)25-11-9-24(10-12-25)17-4-6-18(26-2)7-5-17/h3-8,13-14H,9-12H2,1-2H3. The summed E-state index contributed by atoms with van der Waals surface area (Å²) >= 11 is 6.15. The number of ether oxygens (including phenoxy) is 1. The van der Waals surface area contributed by atoms with Crippen LogP contribution in [0.15, 0.2) is 48.5 Å². The van der Waals surface area contributed by atoms with E-state index >= 15 is 0 Å². The minimum atomic E-state index is 0.728. The Bertz CT molecular complexity index is 918. The number of pyridine rings is 1. The molecule has 1 aliphatic heterocycles. The summed E-state index contributed by atoms with van der Waals surface area (Å²) in [6, 6.07) is 16.4. The maximum Gasteiger partial charge on any atom is 0.129 e. The lowest BCUT2D eigenvalue weighted by Gasteiger charge is -2.37. The summed E-state index contributed by atoms with van der Waals surface area (Å²) in [6.45, 7) is 5.98. The molecule has 0 bridgehead atoms. The SMILES string of the molecule is COc1ccc(N2CCN(c3cc(C)c4ccc(Cl)cc4n3)CC2)cc1. The molecule has 1 aliphatic rings. The molecule has 1 fully saturated rings. The summed E-state index contributed by atoms with van der Waals surface area (Å²) in [5, 5.41) is 1.89. The number of rotatable bonds is 3. The topological polar surface area (TPSA) is 28.6 Å². The Kier molecular flexibility index (Phi) is 4.60. The molecule has 26 heavy (non-hydrogen) atoms. The van der Waals surface area contributed by atoms with E-state index in [2.05, 4.69) is 34.9 Å². The first kappa shape index (κ1) is 17.0. The maximum atomic E-state index is 6.15. The fourth-order valence-electron chi connectivity index (χ4n) is 3.51. The molecular formula is C21H22ClN3O. The van der Waals surface area contributed by atoms with E-state index in [-0.39, 0.29) is 0 Å². The number of nitrogens with zero attached hydrogens (tertiary/aromatic N) is 3. The number of aryl methyl sites for hydroxylation is 1. The highest BCUT2D eigenvalue weighted by Crippen LogP contribution is 2.27. The number of anilines is 2. The molecule has 3 aromatic rings. The van der Waals surface area contributed by atoms with E-state index < -0.39 is 0 Å². The van der Waals surface area contributed by atoms with Crippen molar-refractivity contribution in [1.82, 2.24) is 4.98 Å². The Labute approximate surface area is 159 Å². The van der Waals surface area contributed by atoms with Gasteiger partial charge >= 0.3 is 0 Å². The molecule has 2 heterocycles. The molecule has 5 heteroatoms. The van der Waals surface area contributed by atoms with Crippen LogP contribution in [0, 0.1) is 6.92 Å². The van der Waals surface area contributed by atoms with Crippen LogP contribution >= 0.6 is 11.6 Å². The molecule has 1 aromatic heterocycles. The smallest absolute Gasteiger partial charge is 0.129 e. The number of hydrogen-bond acceptors (Lipinski definition) is 4. The third kappa shape index (κ3) is 3.29. The highest BCUT2D eigenvalue weighted by atomic mass is 35.5. The molecule has 0 amide bonds. The van der Waals surface area contributed by atoms with E-state index in [9.17, 15) is 0 Å². The second kappa shape index (κ2) is 7.04. The highest BCUT2D eigenvalue weighted by Gasteiger charge is 2.19. The van der Waals surface area contributed by atoms with Crippen LogP contribution in [0.5, 0.6) is 5.75 Å². The molecule has 1 saturated heterocycles. The predicted octanol–water partition coefficient (Wildman–Crippen LogP) is 4.53. The third-order valence-electron chi connectivity index (χ3n) is 5.01. The molecule has 134 valence electrons. The van der Waals surface area contributed by atoms with E-state index in [1.807, 2.05) is 30.3 Å². The molecule has 0 aliphatic carbocycles. The molecule has 0 atom stereocenters. The van der Waals surface area contributed by atoms with Gasteiger partial charge in [0.05, 0.1) is 12.6 Å². The van der Waals surface area contributed by atoms with Gasteiger partial charge in [0.15, 0.2) is 0 Å². The van der Waals surface area contributed by atoms with Crippen molar-refractivity contribution >= 4 is 34.0 Å². The van der Waals surface area contributed by atoms with Crippen LogP contribution in [0.3, 0.4) is 0 Å². The predicted molar refractivity (Wildman–Crippen MR) is 109 cm³/mol. The van der Waals surface area contributed by atoms with Crippen molar-refractivity contribution in [2.45, 2.75) is 6.92 Å². The third-order valence-corrected chi connectivity index (χ3v) is 5.24. The Hall–Kier alpha value is -2.46. The normalized spacial score (nSPS) is 14.7. The summed E-state index contributed by atoms with van der Waals surface area (Å²) in [5.74, 6) is 1.92. The minimum Gasteiger partial charge on any atom is -0.497 e. The Morgan fingerprint density at radius 3 is 2.31 bits per heavy atom. The van der Waals surface area contributed by atoms with E-state index in [1.165, 1.54) is 11.3 Å². The van der Waals surface area contributed by atoms with Crippen molar-refractivity contribution in [3.63, 3.8) is 0 Å². The van der Waals surface area contributed by atoms with Gasteiger partial charge in [-0.1, -0.05) is 17.7 Å². The molecule has 4 nitrogen and oxygen atoms in total. The number of piperazine rings is 1. The quantitative estimate of drug-likeness (QED) is 0.680. The zero-order chi connectivity index (χ0) is 18.1. The van der Waals surface area contributed by atoms with Gasteiger partial charge in [-0.05, 0) is 55.0 Å². The van der Waals surface area contributed by atoms with Crippen LogP contribution in [0.25, 0.3) is 10.9 Å². The fraction of sp³-hybridized carbons (Fsp3) is 0.286. The first-order chi connectivity index (χ1) is 12.6. The maximum absolute atomic E-state index is 6.15. The van der Waals surface area contributed by atoms with E-state index in [1.54, 1.807) is 7.11 Å². The van der Waals surface area contributed by atoms with Crippen molar-refractivity contribution in [2.75, 3.05) is 43.1 Å².